The van der Waals surface area contributed by atoms with Crippen LogP contribution in [-0.4, -0.2) is 24.3 Å². The molecular weight excluding hydrogens is 232 g/mol. The maximum Gasteiger partial charge on any atom is 0.328 e. The van der Waals surface area contributed by atoms with E-state index in [4.69, 9.17) is 14.6 Å². The van der Waals surface area contributed by atoms with E-state index in [0.717, 1.165) is 28.7 Å². The van der Waals surface area contributed by atoms with Crippen molar-refractivity contribution in [1.29, 1.82) is 0 Å². The third-order valence-corrected chi connectivity index (χ3v) is 2.58. The summed E-state index contributed by atoms with van der Waals surface area (Å²) in [7, 11) is 0. The van der Waals surface area contributed by atoms with Crippen LogP contribution in [0, 0.1) is 0 Å². The zero-order chi connectivity index (χ0) is 13.0. The van der Waals surface area contributed by atoms with Crippen LogP contribution in [-0.2, 0) is 4.79 Å². The highest BCUT2D eigenvalue weighted by molar-refractivity contribution is 5.80. The van der Waals surface area contributed by atoms with Gasteiger partial charge in [-0.1, -0.05) is 18.2 Å². The molecule has 0 amide bonds. The van der Waals surface area contributed by atoms with Crippen LogP contribution in [0.25, 0.3) is 5.57 Å². The van der Waals surface area contributed by atoms with Crippen molar-refractivity contribution in [2.24, 2.45) is 0 Å². The number of allylic oxidation sites excluding steroid dienone is 3. The molecule has 1 aliphatic heterocycles. The summed E-state index contributed by atoms with van der Waals surface area (Å²) < 4.78 is 10.9. The van der Waals surface area contributed by atoms with Gasteiger partial charge in [0.25, 0.3) is 0 Å². The highest BCUT2D eigenvalue weighted by Gasteiger charge is 2.11. The Hall–Kier alpha value is -2.23. The smallest absolute Gasteiger partial charge is 0.328 e. The Morgan fingerprint density at radius 2 is 2.00 bits per heavy atom. The van der Waals surface area contributed by atoms with E-state index in [2.05, 4.69) is 0 Å². The highest BCUT2D eigenvalue weighted by atomic mass is 16.6. The zero-order valence-electron chi connectivity index (χ0n) is 10.1. The molecule has 1 heterocycles. The van der Waals surface area contributed by atoms with Crippen LogP contribution in [0.15, 0.2) is 36.4 Å². The maximum atomic E-state index is 10.4. The van der Waals surface area contributed by atoms with E-state index < -0.39 is 5.97 Å². The van der Waals surface area contributed by atoms with Gasteiger partial charge < -0.3 is 14.6 Å². The minimum absolute atomic E-state index is 0.554. The third-order valence-electron chi connectivity index (χ3n) is 2.58. The van der Waals surface area contributed by atoms with Crippen molar-refractivity contribution in [3.8, 4) is 11.5 Å². The van der Waals surface area contributed by atoms with Crippen molar-refractivity contribution in [3.63, 3.8) is 0 Å². The van der Waals surface area contributed by atoms with Crippen molar-refractivity contribution in [1.82, 2.24) is 0 Å². The molecule has 0 bridgehead atoms. The molecule has 0 radical (unpaired) electrons. The topological polar surface area (TPSA) is 55.8 Å². The summed E-state index contributed by atoms with van der Waals surface area (Å²) in [6.07, 6.45) is 4.36. The second-order valence-electron chi connectivity index (χ2n) is 3.91. The first kappa shape index (κ1) is 12.2. The third kappa shape index (κ3) is 2.91. The van der Waals surface area contributed by atoms with Crippen LogP contribution in [0.2, 0.25) is 0 Å². The van der Waals surface area contributed by atoms with E-state index in [1.807, 2.05) is 25.1 Å². The van der Waals surface area contributed by atoms with Crippen LogP contribution in [0.5, 0.6) is 11.5 Å². The lowest BCUT2D eigenvalue weighted by Crippen LogP contribution is -2.15. The number of carboxylic acid groups (broad SMARTS) is 1. The lowest BCUT2D eigenvalue weighted by Gasteiger charge is -2.18. The van der Waals surface area contributed by atoms with Crippen LogP contribution < -0.4 is 9.47 Å². The number of ether oxygens (including phenoxy) is 2. The monoisotopic (exact) mass is 246 g/mol. The number of hydrogen-bond donors (Lipinski definition) is 1. The average molecular weight is 246 g/mol. The van der Waals surface area contributed by atoms with E-state index in [-0.39, 0.29) is 0 Å². The molecule has 0 aromatic heterocycles. The molecule has 1 aromatic carbocycles. The molecule has 94 valence electrons. The quantitative estimate of drug-likeness (QED) is 0.657. The van der Waals surface area contributed by atoms with Gasteiger partial charge in [0.2, 0.25) is 0 Å². The normalized spacial score (nSPS) is 14.8. The molecule has 0 saturated heterocycles. The van der Waals surface area contributed by atoms with Gasteiger partial charge in [-0.15, -0.1) is 0 Å². The van der Waals surface area contributed by atoms with Crippen molar-refractivity contribution in [2.75, 3.05) is 13.2 Å². The van der Waals surface area contributed by atoms with Gasteiger partial charge in [0.1, 0.15) is 13.2 Å². The van der Waals surface area contributed by atoms with Gasteiger partial charge in [-0.05, 0) is 30.2 Å². The molecule has 2 rings (SSSR count). The minimum atomic E-state index is -0.957. The Kier molecular flexibility index (Phi) is 3.67. The standard InChI is InChI=1S/C14H14O4/c1-10(3-2-4-14(15)16)11-5-6-12-13(9-11)18-8-7-17-12/h2-6,9H,7-8H2,1H3,(H,15,16)/b4-2+,10-3+. The summed E-state index contributed by atoms with van der Waals surface area (Å²) in [5.74, 6) is 0.522. The summed E-state index contributed by atoms with van der Waals surface area (Å²) in [4.78, 5) is 10.4. The minimum Gasteiger partial charge on any atom is -0.486 e. The number of carboxylic acids is 1. The van der Waals surface area contributed by atoms with Crippen LogP contribution in [0.4, 0.5) is 0 Å². The molecule has 1 aromatic rings. The predicted molar refractivity (Wildman–Crippen MR) is 67.9 cm³/mol. The summed E-state index contributed by atoms with van der Waals surface area (Å²) >= 11 is 0. The van der Waals surface area contributed by atoms with Crippen molar-refractivity contribution in [2.45, 2.75) is 6.92 Å². The fourth-order valence-electron chi connectivity index (χ4n) is 1.66. The van der Waals surface area contributed by atoms with E-state index in [1.54, 1.807) is 6.08 Å². The summed E-state index contributed by atoms with van der Waals surface area (Å²) in [6, 6.07) is 5.69. The average Bonchev–Trinajstić information content (AvgIpc) is 2.37. The molecule has 0 saturated carbocycles. The predicted octanol–water partition coefficient (Wildman–Crippen LogP) is 2.50. The lowest BCUT2D eigenvalue weighted by atomic mass is 10.1. The number of carbonyl (C=O) groups is 1. The van der Waals surface area contributed by atoms with Gasteiger partial charge in [0.15, 0.2) is 11.5 Å². The number of aliphatic carboxylic acids is 1. The zero-order valence-corrected chi connectivity index (χ0v) is 10.1. The molecule has 0 aliphatic carbocycles. The Labute approximate surface area is 105 Å². The number of hydrogen-bond acceptors (Lipinski definition) is 3. The second kappa shape index (κ2) is 5.40. The number of rotatable bonds is 3. The molecule has 1 N–H and O–H groups in total. The van der Waals surface area contributed by atoms with Crippen LogP contribution in [0.3, 0.4) is 0 Å². The SMILES string of the molecule is C/C(=C\C=C\C(=O)O)c1ccc2c(c1)OCCO2. The Balaban J connectivity index is 2.20. The van der Waals surface area contributed by atoms with Gasteiger partial charge in [0.05, 0.1) is 0 Å². The largest absolute Gasteiger partial charge is 0.486 e. The van der Waals surface area contributed by atoms with Gasteiger partial charge >= 0.3 is 5.97 Å². The first-order chi connectivity index (χ1) is 8.66. The van der Waals surface area contributed by atoms with Gasteiger partial charge in [-0.3, -0.25) is 0 Å². The molecule has 0 atom stereocenters. The van der Waals surface area contributed by atoms with Gasteiger partial charge in [-0.25, -0.2) is 4.79 Å². The number of fused-ring (bicyclic) bond motifs is 1. The second-order valence-corrected chi connectivity index (χ2v) is 3.91. The van der Waals surface area contributed by atoms with Crippen molar-refractivity contribution in [3.05, 3.63) is 42.0 Å². The molecule has 1 aliphatic rings. The van der Waals surface area contributed by atoms with Gasteiger partial charge in [-0.2, -0.15) is 0 Å². The molecule has 0 spiro atoms. The summed E-state index contributed by atoms with van der Waals surface area (Å²) in [6.45, 7) is 3.04. The Morgan fingerprint density at radius 3 is 2.72 bits per heavy atom. The number of benzene rings is 1. The molecule has 0 unspecified atom stereocenters. The van der Waals surface area contributed by atoms with Crippen molar-refractivity contribution >= 4 is 11.5 Å². The summed E-state index contributed by atoms with van der Waals surface area (Å²) in [5, 5.41) is 8.50. The molecule has 4 heteroatoms. The van der Waals surface area contributed by atoms with Crippen LogP contribution >= 0.6 is 0 Å². The molecule has 0 fully saturated rings. The lowest BCUT2D eigenvalue weighted by molar-refractivity contribution is -0.131. The molecule has 18 heavy (non-hydrogen) atoms. The Morgan fingerprint density at radius 1 is 1.28 bits per heavy atom. The Bertz CT molecular complexity index is 515. The van der Waals surface area contributed by atoms with Crippen LogP contribution in [0.1, 0.15) is 12.5 Å². The molecule has 4 nitrogen and oxygen atoms in total. The van der Waals surface area contributed by atoms with E-state index in [1.165, 1.54) is 6.08 Å². The van der Waals surface area contributed by atoms with E-state index in [9.17, 15) is 4.79 Å². The molecular formula is C14H14O4. The van der Waals surface area contributed by atoms with E-state index >= 15 is 0 Å². The van der Waals surface area contributed by atoms with E-state index in [0.29, 0.717) is 13.2 Å². The highest BCUT2D eigenvalue weighted by Crippen LogP contribution is 2.32. The first-order valence-electron chi connectivity index (χ1n) is 5.65. The van der Waals surface area contributed by atoms with Gasteiger partial charge in [0, 0.05) is 6.08 Å². The fraction of sp³-hybridized carbons (Fsp3) is 0.214. The maximum absolute atomic E-state index is 10.4. The first-order valence-corrected chi connectivity index (χ1v) is 5.65. The summed E-state index contributed by atoms with van der Waals surface area (Å²) in [5.41, 5.74) is 1.94. The fourth-order valence-corrected chi connectivity index (χ4v) is 1.66. The van der Waals surface area contributed by atoms with Crippen molar-refractivity contribution < 1.29 is 19.4 Å².